The third-order valence-corrected chi connectivity index (χ3v) is 4.72. The smallest absolute Gasteiger partial charge is 0.272 e. The summed E-state index contributed by atoms with van der Waals surface area (Å²) in [6.45, 7) is 4.73. The molecule has 0 spiro atoms. The van der Waals surface area contributed by atoms with Gasteiger partial charge in [-0.1, -0.05) is 17.7 Å². The SMILES string of the molecule is Cc1ccc(Nc2ccc(C(=O)N3CCN(c4ncccn4)CC3)nc2)cc1. The standard InChI is InChI=1S/C21H22N6O/c1-16-3-5-17(6-4-16)25-18-7-8-19(24-15-18)20(28)26-11-13-27(14-12-26)21-22-9-2-10-23-21/h2-10,15,25H,11-14H2,1H3. The summed E-state index contributed by atoms with van der Waals surface area (Å²) in [7, 11) is 0. The minimum absolute atomic E-state index is 0.0458. The molecule has 0 saturated carbocycles. The van der Waals surface area contributed by atoms with Crippen molar-refractivity contribution >= 4 is 23.2 Å². The molecule has 0 bridgehead atoms. The lowest BCUT2D eigenvalue weighted by Gasteiger charge is -2.34. The van der Waals surface area contributed by atoms with Gasteiger partial charge in [0.25, 0.3) is 5.91 Å². The summed E-state index contributed by atoms with van der Waals surface area (Å²) in [5, 5.41) is 3.29. The molecule has 1 saturated heterocycles. The van der Waals surface area contributed by atoms with Gasteiger partial charge >= 0.3 is 0 Å². The van der Waals surface area contributed by atoms with Crippen molar-refractivity contribution in [3.63, 3.8) is 0 Å². The number of amides is 1. The first kappa shape index (κ1) is 17.9. The van der Waals surface area contributed by atoms with Gasteiger partial charge in [0.1, 0.15) is 5.69 Å². The molecule has 0 unspecified atom stereocenters. The lowest BCUT2D eigenvalue weighted by molar-refractivity contribution is 0.0740. The van der Waals surface area contributed by atoms with Crippen LogP contribution in [0, 0.1) is 6.92 Å². The normalized spacial score (nSPS) is 14.0. The fourth-order valence-electron chi connectivity index (χ4n) is 3.12. The molecule has 1 aromatic carbocycles. The molecule has 1 fully saturated rings. The molecule has 7 heteroatoms. The van der Waals surface area contributed by atoms with Crippen LogP contribution in [0.5, 0.6) is 0 Å². The minimum Gasteiger partial charge on any atom is -0.354 e. The Morgan fingerprint density at radius 3 is 2.21 bits per heavy atom. The number of aryl methyl sites for hydroxylation is 1. The van der Waals surface area contributed by atoms with Gasteiger partial charge in [-0.25, -0.2) is 15.0 Å². The van der Waals surface area contributed by atoms with E-state index < -0.39 is 0 Å². The van der Waals surface area contributed by atoms with Crippen LogP contribution in [0.3, 0.4) is 0 Å². The largest absolute Gasteiger partial charge is 0.354 e. The summed E-state index contributed by atoms with van der Waals surface area (Å²) in [6.07, 6.45) is 5.16. The van der Waals surface area contributed by atoms with E-state index in [0.29, 0.717) is 37.8 Å². The first-order chi connectivity index (χ1) is 13.7. The van der Waals surface area contributed by atoms with Crippen molar-refractivity contribution in [2.75, 3.05) is 36.4 Å². The van der Waals surface area contributed by atoms with Crippen LogP contribution in [-0.4, -0.2) is 51.9 Å². The Kier molecular flexibility index (Phi) is 5.14. The second-order valence-electron chi connectivity index (χ2n) is 6.75. The molecule has 1 aliphatic rings. The third kappa shape index (κ3) is 4.09. The second kappa shape index (κ2) is 8.04. The molecule has 142 valence electrons. The van der Waals surface area contributed by atoms with Crippen molar-refractivity contribution in [3.8, 4) is 0 Å². The van der Waals surface area contributed by atoms with Gasteiger partial charge in [0.05, 0.1) is 11.9 Å². The van der Waals surface area contributed by atoms with E-state index in [1.807, 2.05) is 35.2 Å². The predicted octanol–water partition coefficient (Wildman–Crippen LogP) is 2.89. The topological polar surface area (TPSA) is 74.2 Å². The van der Waals surface area contributed by atoms with Crippen LogP contribution in [-0.2, 0) is 0 Å². The van der Waals surface area contributed by atoms with Crippen molar-refractivity contribution in [2.45, 2.75) is 6.92 Å². The van der Waals surface area contributed by atoms with E-state index in [1.54, 1.807) is 30.7 Å². The molecule has 1 N–H and O–H groups in total. The highest BCUT2D eigenvalue weighted by molar-refractivity contribution is 5.92. The Morgan fingerprint density at radius 1 is 0.893 bits per heavy atom. The van der Waals surface area contributed by atoms with Crippen LogP contribution in [0.1, 0.15) is 16.1 Å². The molecule has 1 amide bonds. The van der Waals surface area contributed by atoms with Crippen LogP contribution in [0.2, 0.25) is 0 Å². The van der Waals surface area contributed by atoms with Crippen LogP contribution in [0.4, 0.5) is 17.3 Å². The number of hydrogen-bond donors (Lipinski definition) is 1. The van der Waals surface area contributed by atoms with Crippen molar-refractivity contribution in [1.82, 2.24) is 19.9 Å². The number of piperazine rings is 1. The average Bonchev–Trinajstić information content (AvgIpc) is 2.76. The van der Waals surface area contributed by atoms with Crippen molar-refractivity contribution in [2.24, 2.45) is 0 Å². The van der Waals surface area contributed by atoms with Gasteiger partial charge in [0.15, 0.2) is 0 Å². The number of nitrogens with zero attached hydrogens (tertiary/aromatic N) is 5. The zero-order valence-electron chi connectivity index (χ0n) is 15.7. The number of carbonyl (C=O) groups excluding carboxylic acids is 1. The highest BCUT2D eigenvalue weighted by Gasteiger charge is 2.24. The molecule has 0 atom stereocenters. The fraction of sp³-hybridized carbons (Fsp3) is 0.238. The van der Waals surface area contributed by atoms with Gasteiger partial charge < -0.3 is 15.1 Å². The molecule has 3 aromatic rings. The van der Waals surface area contributed by atoms with E-state index in [1.165, 1.54) is 5.56 Å². The number of rotatable bonds is 4. The molecular formula is C21H22N6O. The lowest BCUT2D eigenvalue weighted by atomic mass is 10.2. The molecule has 7 nitrogen and oxygen atoms in total. The Morgan fingerprint density at radius 2 is 1.57 bits per heavy atom. The summed E-state index contributed by atoms with van der Waals surface area (Å²) in [4.78, 5) is 29.6. The van der Waals surface area contributed by atoms with Crippen molar-refractivity contribution in [3.05, 3.63) is 72.3 Å². The quantitative estimate of drug-likeness (QED) is 0.757. The maximum atomic E-state index is 12.7. The van der Waals surface area contributed by atoms with E-state index in [2.05, 4.69) is 32.1 Å². The van der Waals surface area contributed by atoms with E-state index in [-0.39, 0.29) is 5.91 Å². The van der Waals surface area contributed by atoms with Gasteiger partial charge in [0.2, 0.25) is 5.95 Å². The van der Waals surface area contributed by atoms with Crippen LogP contribution < -0.4 is 10.2 Å². The van der Waals surface area contributed by atoms with Crippen LogP contribution in [0.15, 0.2) is 61.1 Å². The van der Waals surface area contributed by atoms with E-state index in [0.717, 1.165) is 11.4 Å². The first-order valence-electron chi connectivity index (χ1n) is 9.30. The van der Waals surface area contributed by atoms with Crippen molar-refractivity contribution < 1.29 is 4.79 Å². The summed E-state index contributed by atoms with van der Waals surface area (Å²) in [6, 6.07) is 13.6. The Bertz CT molecular complexity index is 919. The highest BCUT2D eigenvalue weighted by Crippen LogP contribution is 2.17. The highest BCUT2D eigenvalue weighted by atomic mass is 16.2. The Hall–Kier alpha value is -3.48. The van der Waals surface area contributed by atoms with E-state index in [4.69, 9.17) is 0 Å². The van der Waals surface area contributed by atoms with Gasteiger partial charge in [0, 0.05) is 44.3 Å². The summed E-state index contributed by atoms with van der Waals surface area (Å²) >= 11 is 0. The minimum atomic E-state index is -0.0458. The number of nitrogens with one attached hydrogen (secondary N) is 1. The maximum absolute atomic E-state index is 12.7. The van der Waals surface area contributed by atoms with Crippen LogP contribution in [0.25, 0.3) is 0 Å². The van der Waals surface area contributed by atoms with Crippen molar-refractivity contribution in [1.29, 1.82) is 0 Å². The number of benzene rings is 1. The molecule has 28 heavy (non-hydrogen) atoms. The molecule has 2 aromatic heterocycles. The monoisotopic (exact) mass is 374 g/mol. The van der Waals surface area contributed by atoms with E-state index >= 15 is 0 Å². The second-order valence-corrected chi connectivity index (χ2v) is 6.75. The number of carbonyl (C=O) groups is 1. The maximum Gasteiger partial charge on any atom is 0.272 e. The zero-order chi connectivity index (χ0) is 19.3. The van der Waals surface area contributed by atoms with Crippen LogP contribution >= 0.6 is 0 Å². The summed E-state index contributed by atoms with van der Waals surface area (Å²) < 4.78 is 0. The number of aromatic nitrogens is 3. The summed E-state index contributed by atoms with van der Waals surface area (Å²) in [5.74, 6) is 0.662. The fourth-order valence-corrected chi connectivity index (χ4v) is 3.12. The van der Waals surface area contributed by atoms with E-state index in [9.17, 15) is 4.79 Å². The predicted molar refractivity (Wildman–Crippen MR) is 109 cm³/mol. The van der Waals surface area contributed by atoms with Gasteiger partial charge in [-0.3, -0.25) is 4.79 Å². The molecule has 0 aliphatic carbocycles. The molecule has 0 radical (unpaired) electrons. The first-order valence-corrected chi connectivity index (χ1v) is 9.30. The lowest BCUT2D eigenvalue weighted by Crippen LogP contribution is -2.49. The Labute approximate surface area is 164 Å². The zero-order valence-corrected chi connectivity index (χ0v) is 15.7. The molecular weight excluding hydrogens is 352 g/mol. The summed E-state index contributed by atoms with van der Waals surface area (Å²) in [5.41, 5.74) is 3.51. The third-order valence-electron chi connectivity index (χ3n) is 4.72. The molecule has 4 rings (SSSR count). The number of anilines is 3. The number of pyridine rings is 1. The Balaban J connectivity index is 1.35. The van der Waals surface area contributed by atoms with Gasteiger partial charge in [-0.2, -0.15) is 0 Å². The van der Waals surface area contributed by atoms with Gasteiger partial charge in [-0.05, 0) is 37.3 Å². The average molecular weight is 374 g/mol. The van der Waals surface area contributed by atoms with Gasteiger partial charge in [-0.15, -0.1) is 0 Å². The molecule has 1 aliphatic heterocycles. The molecule has 3 heterocycles. The number of hydrogen-bond acceptors (Lipinski definition) is 6.